The lowest BCUT2D eigenvalue weighted by Gasteiger charge is -2.32. The number of rotatable bonds is 4. The SMILES string of the molecule is CCc1cnc(OC2CCCN(C(=O)c3ccc(Cl)cc3)C2)nc1. The van der Waals surface area contributed by atoms with Gasteiger partial charge in [-0.2, -0.15) is 0 Å². The van der Waals surface area contributed by atoms with Gasteiger partial charge in [-0.05, 0) is 49.1 Å². The second-order valence-electron chi connectivity index (χ2n) is 5.87. The van der Waals surface area contributed by atoms with Crippen molar-refractivity contribution >= 4 is 17.5 Å². The van der Waals surface area contributed by atoms with Gasteiger partial charge in [-0.25, -0.2) is 9.97 Å². The van der Waals surface area contributed by atoms with E-state index in [9.17, 15) is 4.79 Å². The van der Waals surface area contributed by atoms with Crippen molar-refractivity contribution in [2.45, 2.75) is 32.3 Å². The summed E-state index contributed by atoms with van der Waals surface area (Å²) < 4.78 is 5.85. The predicted octanol–water partition coefficient (Wildman–Crippen LogP) is 3.38. The van der Waals surface area contributed by atoms with Crippen LogP contribution >= 0.6 is 11.6 Å². The molecule has 0 aliphatic carbocycles. The molecule has 1 aromatic heterocycles. The molecular formula is C18H20ClN3O2. The molecule has 5 nitrogen and oxygen atoms in total. The number of carbonyl (C=O) groups excluding carboxylic acids is 1. The van der Waals surface area contributed by atoms with E-state index in [0.29, 0.717) is 23.1 Å². The van der Waals surface area contributed by atoms with Crippen molar-refractivity contribution in [1.82, 2.24) is 14.9 Å². The first-order valence-corrected chi connectivity index (χ1v) is 8.56. The first-order valence-electron chi connectivity index (χ1n) is 8.18. The molecule has 1 unspecified atom stereocenters. The number of hydrogen-bond acceptors (Lipinski definition) is 4. The average Bonchev–Trinajstić information content (AvgIpc) is 2.63. The van der Waals surface area contributed by atoms with Crippen LogP contribution in [0.25, 0.3) is 0 Å². The van der Waals surface area contributed by atoms with E-state index in [1.807, 2.05) is 4.90 Å². The summed E-state index contributed by atoms with van der Waals surface area (Å²) in [6, 6.07) is 7.34. The van der Waals surface area contributed by atoms with E-state index in [1.165, 1.54) is 0 Å². The topological polar surface area (TPSA) is 55.3 Å². The Bertz CT molecular complexity index is 688. The number of nitrogens with zero attached hydrogens (tertiary/aromatic N) is 3. The summed E-state index contributed by atoms with van der Waals surface area (Å²) in [5, 5.41) is 0.624. The molecule has 6 heteroatoms. The van der Waals surface area contributed by atoms with Crippen LogP contribution in [0.15, 0.2) is 36.7 Å². The molecular weight excluding hydrogens is 326 g/mol. The van der Waals surface area contributed by atoms with Gasteiger partial charge in [-0.15, -0.1) is 0 Å². The Kier molecular flexibility index (Phi) is 5.30. The average molecular weight is 346 g/mol. The van der Waals surface area contributed by atoms with Crippen molar-refractivity contribution in [2.75, 3.05) is 13.1 Å². The third-order valence-electron chi connectivity index (χ3n) is 4.12. The van der Waals surface area contributed by atoms with Crippen LogP contribution in [0.1, 0.15) is 35.7 Å². The fourth-order valence-electron chi connectivity index (χ4n) is 2.73. The standard InChI is InChI=1S/C18H20ClN3O2/c1-2-13-10-20-18(21-11-13)24-16-4-3-9-22(12-16)17(23)14-5-7-15(19)8-6-14/h5-8,10-11,16H,2-4,9,12H2,1H3. The van der Waals surface area contributed by atoms with Gasteiger partial charge in [-0.3, -0.25) is 4.79 Å². The highest BCUT2D eigenvalue weighted by Gasteiger charge is 2.26. The number of halogens is 1. The molecule has 0 bridgehead atoms. The third kappa shape index (κ3) is 4.03. The van der Waals surface area contributed by atoms with Crippen LogP contribution in [-0.2, 0) is 6.42 Å². The quantitative estimate of drug-likeness (QED) is 0.852. The first kappa shape index (κ1) is 16.7. The normalized spacial score (nSPS) is 17.6. The Morgan fingerprint density at radius 3 is 2.67 bits per heavy atom. The fraction of sp³-hybridized carbons (Fsp3) is 0.389. The summed E-state index contributed by atoms with van der Waals surface area (Å²) in [5.41, 5.74) is 1.72. The van der Waals surface area contributed by atoms with Crippen molar-refractivity contribution in [1.29, 1.82) is 0 Å². The highest BCUT2D eigenvalue weighted by atomic mass is 35.5. The van der Waals surface area contributed by atoms with Gasteiger partial charge in [0.15, 0.2) is 0 Å². The Labute approximate surface area is 146 Å². The third-order valence-corrected chi connectivity index (χ3v) is 4.37. The summed E-state index contributed by atoms with van der Waals surface area (Å²) in [7, 11) is 0. The number of benzene rings is 1. The minimum Gasteiger partial charge on any atom is -0.458 e. The maximum atomic E-state index is 12.6. The summed E-state index contributed by atoms with van der Waals surface area (Å²) in [6.07, 6.45) is 6.17. The lowest BCUT2D eigenvalue weighted by atomic mass is 10.1. The molecule has 24 heavy (non-hydrogen) atoms. The van der Waals surface area contributed by atoms with Crippen molar-refractivity contribution in [3.63, 3.8) is 0 Å². The summed E-state index contributed by atoms with van der Waals surface area (Å²) in [5.74, 6) is 0.00205. The molecule has 1 aliphatic rings. The van der Waals surface area contributed by atoms with Gasteiger partial charge < -0.3 is 9.64 Å². The van der Waals surface area contributed by atoms with Gasteiger partial charge >= 0.3 is 6.01 Å². The molecule has 0 N–H and O–H groups in total. The molecule has 1 atom stereocenters. The molecule has 3 rings (SSSR count). The largest absolute Gasteiger partial charge is 0.458 e. The van der Waals surface area contributed by atoms with Crippen LogP contribution in [0.2, 0.25) is 5.02 Å². The number of ether oxygens (including phenoxy) is 1. The Morgan fingerprint density at radius 2 is 2.00 bits per heavy atom. The van der Waals surface area contributed by atoms with Gasteiger partial charge in [0, 0.05) is 29.5 Å². The zero-order valence-electron chi connectivity index (χ0n) is 13.6. The Hall–Kier alpha value is -2.14. The van der Waals surface area contributed by atoms with Gasteiger partial charge in [0.05, 0.1) is 6.54 Å². The number of aryl methyl sites for hydroxylation is 1. The number of piperidine rings is 1. The van der Waals surface area contributed by atoms with E-state index in [4.69, 9.17) is 16.3 Å². The molecule has 0 spiro atoms. The van der Waals surface area contributed by atoms with Gasteiger partial charge in [0.1, 0.15) is 6.10 Å². The van der Waals surface area contributed by atoms with Crippen LogP contribution in [0.4, 0.5) is 0 Å². The zero-order chi connectivity index (χ0) is 16.9. The predicted molar refractivity (Wildman–Crippen MR) is 92.4 cm³/mol. The second-order valence-corrected chi connectivity index (χ2v) is 6.30. The van der Waals surface area contributed by atoms with Crippen molar-refractivity contribution < 1.29 is 9.53 Å². The Morgan fingerprint density at radius 1 is 1.29 bits per heavy atom. The summed E-state index contributed by atoms with van der Waals surface area (Å²) in [6.45, 7) is 3.33. The lowest BCUT2D eigenvalue weighted by molar-refractivity contribution is 0.0515. The highest BCUT2D eigenvalue weighted by Crippen LogP contribution is 2.18. The summed E-state index contributed by atoms with van der Waals surface area (Å²) in [4.78, 5) is 22.9. The molecule has 0 saturated carbocycles. The molecule has 2 aromatic rings. The van der Waals surface area contributed by atoms with E-state index in [-0.39, 0.29) is 12.0 Å². The van der Waals surface area contributed by atoms with Crippen LogP contribution in [0.5, 0.6) is 6.01 Å². The first-order chi connectivity index (χ1) is 11.7. The maximum absolute atomic E-state index is 12.6. The molecule has 1 aromatic carbocycles. The van der Waals surface area contributed by atoms with E-state index in [2.05, 4.69) is 16.9 Å². The summed E-state index contributed by atoms with van der Waals surface area (Å²) >= 11 is 5.88. The molecule has 126 valence electrons. The number of amides is 1. The number of likely N-dealkylation sites (tertiary alicyclic amines) is 1. The van der Waals surface area contributed by atoms with Gasteiger partial charge in [-0.1, -0.05) is 18.5 Å². The van der Waals surface area contributed by atoms with Crippen LogP contribution in [0.3, 0.4) is 0 Å². The highest BCUT2D eigenvalue weighted by molar-refractivity contribution is 6.30. The van der Waals surface area contributed by atoms with Crippen molar-refractivity contribution in [2.24, 2.45) is 0 Å². The lowest BCUT2D eigenvalue weighted by Crippen LogP contribution is -2.44. The number of carbonyl (C=O) groups is 1. The minimum atomic E-state index is -0.0810. The monoisotopic (exact) mass is 345 g/mol. The number of hydrogen-bond donors (Lipinski definition) is 0. The molecule has 0 radical (unpaired) electrons. The fourth-order valence-corrected chi connectivity index (χ4v) is 2.86. The van der Waals surface area contributed by atoms with E-state index < -0.39 is 0 Å². The smallest absolute Gasteiger partial charge is 0.316 e. The minimum absolute atomic E-state index is 0.00205. The van der Waals surface area contributed by atoms with Crippen molar-refractivity contribution in [3.8, 4) is 6.01 Å². The number of aromatic nitrogens is 2. The zero-order valence-corrected chi connectivity index (χ0v) is 14.4. The van der Waals surface area contributed by atoms with Crippen molar-refractivity contribution in [3.05, 3.63) is 52.8 Å². The van der Waals surface area contributed by atoms with Crippen LogP contribution in [0, 0.1) is 0 Å². The maximum Gasteiger partial charge on any atom is 0.316 e. The van der Waals surface area contributed by atoms with Gasteiger partial charge in [0.25, 0.3) is 5.91 Å². The molecule has 1 saturated heterocycles. The van der Waals surface area contributed by atoms with E-state index in [1.54, 1.807) is 36.7 Å². The molecule has 1 aliphatic heterocycles. The Balaban J connectivity index is 1.63. The van der Waals surface area contributed by atoms with E-state index >= 15 is 0 Å². The van der Waals surface area contributed by atoms with Gasteiger partial charge in [0.2, 0.25) is 0 Å². The van der Waals surface area contributed by atoms with Crippen LogP contribution < -0.4 is 4.74 Å². The molecule has 2 heterocycles. The molecule has 1 fully saturated rings. The second kappa shape index (κ2) is 7.62. The molecule has 1 amide bonds. The van der Waals surface area contributed by atoms with E-state index in [0.717, 1.165) is 31.4 Å². The van der Waals surface area contributed by atoms with Crippen LogP contribution in [-0.4, -0.2) is 40.0 Å².